The van der Waals surface area contributed by atoms with E-state index in [0.717, 1.165) is 17.1 Å². The Morgan fingerprint density at radius 3 is 2.86 bits per heavy atom. The molecule has 0 aliphatic carbocycles. The van der Waals surface area contributed by atoms with Crippen LogP contribution in [0.5, 0.6) is 11.5 Å². The summed E-state index contributed by atoms with van der Waals surface area (Å²) in [6, 6.07) is 3.65. The highest BCUT2D eigenvalue weighted by Gasteiger charge is 2.17. The Balaban J connectivity index is 2.43. The van der Waals surface area contributed by atoms with Crippen molar-refractivity contribution in [2.45, 2.75) is 6.42 Å². The van der Waals surface area contributed by atoms with Gasteiger partial charge in [-0.3, -0.25) is 0 Å². The maximum absolute atomic E-state index is 6.05. The number of benzene rings is 1. The summed E-state index contributed by atoms with van der Waals surface area (Å²) in [4.78, 5) is 0. The molecule has 0 aromatic heterocycles. The lowest BCUT2D eigenvalue weighted by Crippen LogP contribution is -2.17. The van der Waals surface area contributed by atoms with Crippen LogP contribution < -0.4 is 15.2 Å². The summed E-state index contributed by atoms with van der Waals surface area (Å²) in [5.74, 6) is 1.53. The van der Waals surface area contributed by atoms with Crippen LogP contribution in [0.3, 0.4) is 0 Å². The fraction of sp³-hybridized carbons (Fsp3) is 0.400. The minimum Gasteiger partial charge on any atom is -0.486 e. The van der Waals surface area contributed by atoms with Crippen LogP contribution in [-0.4, -0.2) is 19.8 Å². The quantitative estimate of drug-likeness (QED) is 0.812. The predicted octanol–water partition coefficient (Wildman–Crippen LogP) is 1.61. The molecule has 0 saturated heterocycles. The minimum absolute atomic E-state index is 0.555. The summed E-state index contributed by atoms with van der Waals surface area (Å²) in [5, 5.41) is 0.694. The highest BCUT2D eigenvalue weighted by Crippen LogP contribution is 2.37. The van der Waals surface area contributed by atoms with Crippen LogP contribution in [-0.2, 0) is 6.42 Å². The first-order valence-corrected chi connectivity index (χ1v) is 4.98. The molecule has 0 bridgehead atoms. The van der Waals surface area contributed by atoms with Gasteiger partial charge in [-0.2, -0.15) is 0 Å². The molecule has 2 rings (SSSR count). The molecule has 1 heterocycles. The van der Waals surface area contributed by atoms with Crippen molar-refractivity contribution in [1.29, 1.82) is 0 Å². The first-order valence-electron chi connectivity index (χ1n) is 4.60. The average molecular weight is 214 g/mol. The van der Waals surface area contributed by atoms with Crippen molar-refractivity contribution in [3.63, 3.8) is 0 Å². The van der Waals surface area contributed by atoms with Gasteiger partial charge in [-0.1, -0.05) is 11.6 Å². The van der Waals surface area contributed by atoms with Gasteiger partial charge in [-0.05, 0) is 25.1 Å². The maximum Gasteiger partial charge on any atom is 0.166 e. The number of hydrogen-bond donors (Lipinski definition) is 1. The molecule has 1 aromatic rings. The largest absolute Gasteiger partial charge is 0.486 e. The van der Waals surface area contributed by atoms with Gasteiger partial charge in [0.2, 0.25) is 0 Å². The molecule has 0 amide bonds. The second kappa shape index (κ2) is 4.07. The normalized spacial score (nSPS) is 14.1. The van der Waals surface area contributed by atoms with Crippen LogP contribution in [0.1, 0.15) is 5.56 Å². The fourth-order valence-corrected chi connectivity index (χ4v) is 1.77. The Labute approximate surface area is 87.8 Å². The van der Waals surface area contributed by atoms with Gasteiger partial charge in [-0.15, -0.1) is 0 Å². The van der Waals surface area contributed by atoms with Crippen LogP contribution in [0.25, 0.3) is 0 Å². The monoisotopic (exact) mass is 213 g/mol. The molecule has 3 nitrogen and oxygen atoms in total. The van der Waals surface area contributed by atoms with E-state index in [9.17, 15) is 0 Å². The fourth-order valence-electron chi connectivity index (χ4n) is 1.53. The lowest BCUT2D eigenvalue weighted by molar-refractivity contribution is 0.170. The molecule has 0 fully saturated rings. The zero-order valence-electron chi connectivity index (χ0n) is 7.75. The summed E-state index contributed by atoms with van der Waals surface area (Å²) in [7, 11) is 0. The SMILES string of the molecule is NCCc1c(Cl)ccc2c1OCCO2. The lowest BCUT2D eigenvalue weighted by atomic mass is 10.1. The molecule has 0 atom stereocenters. The molecular formula is C10H12ClNO2. The topological polar surface area (TPSA) is 44.5 Å². The smallest absolute Gasteiger partial charge is 0.166 e. The molecule has 2 N–H and O–H groups in total. The standard InChI is InChI=1S/C10H12ClNO2/c11-8-1-2-9-10(7(8)3-4-12)14-6-5-13-9/h1-2H,3-6,12H2. The Morgan fingerprint density at radius 2 is 2.07 bits per heavy atom. The second-order valence-electron chi connectivity index (χ2n) is 3.09. The van der Waals surface area contributed by atoms with Crippen molar-refractivity contribution in [2.24, 2.45) is 5.73 Å². The van der Waals surface area contributed by atoms with Crippen LogP contribution in [0.2, 0.25) is 5.02 Å². The third-order valence-corrected chi connectivity index (χ3v) is 2.50. The van der Waals surface area contributed by atoms with Gasteiger partial charge in [0.1, 0.15) is 13.2 Å². The number of ether oxygens (including phenoxy) is 2. The molecule has 0 saturated carbocycles. The van der Waals surface area contributed by atoms with Gasteiger partial charge in [0.15, 0.2) is 11.5 Å². The van der Waals surface area contributed by atoms with Gasteiger partial charge in [-0.25, -0.2) is 0 Å². The van der Waals surface area contributed by atoms with E-state index >= 15 is 0 Å². The summed E-state index contributed by atoms with van der Waals surface area (Å²) < 4.78 is 11.0. The van der Waals surface area contributed by atoms with E-state index < -0.39 is 0 Å². The van der Waals surface area contributed by atoms with E-state index in [1.165, 1.54) is 0 Å². The lowest BCUT2D eigenvalue weighted by Gasteiger charge is -2.21. The van der Waals surface area contributed by atoms with E-state index in [1.807, 2.05) is 12.1 Å². The van der Waals surface area contributed by atoms with Crippen molar-refractivity contribution >= 4 is 11.6 Å². The van der Waals surface area contributed by atoms with Crippen molar-refractivity contribution in [3.05, 3.63) is 22.7 Å². The summed E-state index contributed by atoms with van der Waals surface area (Å²) in [6.07, 6.45) is 0.714. The van der Waals surface area contributed by atoms with Crippen LogP contribution in [0, 0.1) is 0 Å². The number of fused-ring (bicyclic) bond motifs is 1. The predicted molar refractivity (Wildman–Crippen MR) is 55.2 cm³/mol. The van der Waals surface area contributed by atoms with Gasteiger partial charge in [0.25, 0.3) is 0 Å². The zero-order valence-corrected chi connectivity index (χ0v) is 8.51. The summed E-state index contributed by atoms with van der Waals surface area (Å²) in [5.41, 5.74) is 6.46. The number of hydrogen-bond acceptors (Lipinski definition) is 3. The van der Waals surface area contributed by atoms with E-state index in [2.05, 4.69) is 0 Å². The van der Waals surface area contributed by atoms with Crippen molar-refractivity contribution < 1.29 is 9.47 Å². The molecule has 1 aromatic carbocycles. The van der Waals surface area contributed by atoms with Gasteiger partial charge < -0.3 is 15.2 Å². The number of rotatable bonds is 2. The van der Waals surface area contributed by atoms with Crippen LogP contribution in [0.15, 0.2) is 12.1 Å². The summed E-state index contributed by atoms with van der Waals surface area (Å²) in [6.45, 7) is 1.72. The third kappa shape index (κ3) is 1.65. The molecule has 0 spiro atoms. The maximum atomic E-state index is 6.05. The zero-order chi connectivity index (χ0) is 9.97. The van der Waals surface area contributed by atoms with E-state index in [-0.39, 0.29) is 0 Å². The minimum atomic E-state index is 0.555. The third-order valence-electron chi connectivity index (χ3n) is 2.15. The Morgan fingerprint density at radius 1 is 1.29 bits per heavy atom. The molecule has 76 valence electrons. The van der Waals surface area contributed by atoms with E-state index in [1.54, 1.807) is 0 Å². The van der Waals surface area contributed by atoms with Crippen LogP contribution in [0.4, 0.5) is 0 Å². The molecule has 0 radical (unpaired) electrons. The first-order chi connectivity index (χ1) is 6.83. The first kappa shape index (κ1) is 9.62. The number of nitrogens with two attached hydrogens (primary N) is 1. The average Bonchev–Trinajstić information content (AvgIpc) is 2.23. The Bertz CT molecular complexity index is 341. The van der Waals surface area contributed by atoms with Crippen molar-refractivity contribution in [1.82, 2.24) is 0 Å². The second-order valence-corrected chi connectivity index (χ2v) is 3.50. The summed E-state index contributed by atoms with van der Waals surface area (Å²) >= 11 is 6.05. The number of halogens is 1. The molecule has 4 heteroatoms. The molecular weight excluding hydrogens is 202 g/mol. The van der Waals surface area contributed by atoms with Crippen molar-refractivity contribution in [3.8, 4) is 11.5 Å². The molecule has 1 aliphatic heterocycles. The van der Waals surface area contributed by atoms with Gasteiger partial charge in [0.05, 0.1) is 0 Å². The molecule has 1 aliphatic rings. The van der Waals surface area contributed by atoms with Crippen LogP contribution >= 0.6 is 11.6 Å². The van der Waals surface area contributed by atoms with E-state index in [4.69, 9.17) is 26.8 Å². The molecule has 14 heavy (non-hydrogen) atoms. The Kier molecular flexibility index (Phi) is 2.79. The van der Waals surface area contributed by atoms with Gasteiger partial charge >= 0.3 is 0 Å². The van der Waals surface area contributed by atoms with Gasteiger partial charge in [0, 0.05) is 10.6 Å². The highest BCUT2D eigenvalue weighted by molar-refractivity contribution is 6.31. The molecule has 0 unspecified atom stereocenters. The Hall–Kier alpha value is -0.930. The highest BCUT2D eigenvalue weighted by atomic mass is 35.5. The van der Waals surface area contributed by atoms with E-state index in [0.29, 0.717) is 31.2 Å². The van der Waals surface area contributed by atoms with Crippen molar-refractivity contribution in [2.75, 3.05) is 19.8 Å².